The average molecular weight is 624 g/mol. The van der Waals surface area contributed by atoms with Gasteiger partial charge in [0.25, 0.3) is 0 Å². The number of halogens is 4. The zero-order valence-corrected chi connectivity index (χ0v) is 22.1. The van der Waals surface area contributed by atoms with Gasteiger partial charge >= 0.3 is 6.03 Å². The van der Waals surface area contributed by atoms with Gasteiger partial charge in [-0.2, -0.15) is 0 Å². The molecular weight excluding hydrogens is 606 g/mol. The van der Waals surface area contributed by atoms with Crippen molar-refractivity contribution in [2.45, 2.75) is 21.5 Å². The number of urea groups is 1. The smallest absolute Gasteiger partial charge is 0.326 e. The number of hydrogen-bond donors (Lipinski definition) is 2. The van der Waals surface area contributed by atoms with Crippen molar-refractivity contribution in [2.24, 2.45) is 11.7 Å². The van der Waals surface area contributed by atoms with Crippen LogP contribution >= 0.6 is 57.4 Å². The van der Waals surface area contributed by atoms with E-state index in [-0.39, 0.29) is 15.0 Å². The van der Waals surface area contributed by atoms with E-state index in [9.17, 15) is 4.79 Å². The number of fused-ring (bicyclic) bond motifs is 2. The molecule has 2 amide bonds. The van der Waals surface area contributed by atoms with Gasteiger partial charge in [0.05, 0.1) is 36.4 Å². The van der Waals surface area contributed by atoms with Gasteiger partial charge in [0.15, 0.2) is 0 Å². The Bertz CT molecular complexity index is 1400. The number of alkyl halides is 1. The maximum absolute atomic E-state index is 13.2. The zero-order chi connectivity index (χ0) is 23.6. The molecule has 9 heteroatoms. The van der Waals surface area contributed by atoms with Crippen molar-refractivity contribution >= 4 is 80.5 Å². The number of nitrogens with two attached hydrogens (primary N) is 1. The molecule has 4 atom stereocenters. The van der Waals surface area contributed by atoms with Crippen LogP contribution in [0, 0.1) is 5.92 Å². The van der Waals surface area contributed by atoms with Gasteiger partial charge < -0.3 is 16.0 Å². The molecule has 3 aromatic rings. The average Bonchev–Trinajstić information content (AvgIpc) is 3.28. The van der Waals surface area contributed by atoms with E-state index in [0.29, 0.717) is 39.3 Å². The van der Waals surface area contributed by atoms with Crippen LogP contribution in [0.5, 0.6) is 0 Å². The Kier molecular flexibility index (Phi) is 4.41. The van der Waals surface area contributed by atoms with Crippen LogP contribution in [0.1, 0.15) is 5.56 Å². The summed E-state index contributed by atoms with van der Waals surface area (Å²) in [7, 11) is 0. The predicted octanol–water partition coefficient (Wildman–Crippen LogP) is 6.38. The van der Waals surface area contributed by atoms with Crippen molar-refractivity contribution < 1.29 is 4.79 Å². The molecule has 5 aliphatic rings. The topological polar surface area (TPSA) is 61.6 Å². The Morgan fingerprint density at radius 1 is 1.00 bits per heavy atom. The fourth-order valence-corrected chi connectivity index (χ4v) is 8.80. The SMILES string of the molecule is N[C@@]12C3N(c4cc(-c5ccccc5Cl)c5c(c4)N(c4c(Cl)cccc4Cl)C(=O)NC5)C[C@H]1C32I. The van der Waals surface area contributed by atoms with Crippen LogP contribution in [0.4, 0.5) is 21.9 Å². The maximum Gasteiger partial charge on any atom is 0.326 e. The van der Waals surface area contributed by atoms with Gasteiger partial charge in [0.1, 0.15) is 0 Å². The summed E-state index contributed by atoms with van der Waals surface area (Å²) in [5.74, 6) is 0.503. The summed E-state index contributed by atoms with van der Waals surface area (Å²) in [6, 6.07) is 17.3. The van der Waals surface area contributed by atoms with Crippen LogP contribution in [0.25, 0.3) is 11.1 Å². The quantitative estimate of drug-likeness (QED) is 0.263. The van der Waals surface area contributed by atoms with Gasteiger partial charge in [-0.15, -0.1) is 0 Å². The molecule has 2 saturated carbocycles. The molecule has 0 aromatic heterocycles. The van der Waals surface area contributed by atoms with Crippen LogP contribution in [0.15, 0.2) is 54.6 Å². The second-order valence-electron chi connectivity index (χ2n) is 9.34. The van der Waals surface area contributed by atoms with Crippen LogP contribution in [0.3, 0.4) is 0 Å². The standard InChI is InChI=1S/C25H18Cl3IN4O/c26-16-5-2-1-4-13(16)14-8-12(32-11-20-24(29)22(32)25(20,24)30)9-19-15(14)10-31-23(34)33(19)21-17(27)6-3-7-18(21)28/h1-9,20,22H,10-11,30H2,(H,31,34)/t20-,22?,24?,25+/m0/s1. The third-order valence-electron chi connectivity index (χ3n) is 7.85. The number of carbonyl (C=O) groups excluding carboxylic acids is 1. The highest BCUT2D eigenvalue weighted by molar-refractivity contribution is 14.1. The van der Waals surface area contributed by atoms with E-state index in [4.69, 9.17) is 40.5 Å². The van der Waals surface area contributed by atoms with E-state index >= 15 is 0 Å². The summed E-state index contributed by atoms with van der Waals surface area (Å²) < 4.78 is 0.161. The van der Waals surface area contributed by atoms with Gasteiger partial charge in [-0.05, 0) is 35.9 Å². The lowest BCUT2D eigenvalue weighted by atomic mass is 9.94. The van der Waals surface area contributed by atoms with Gasteiger partial charge in [-0.3, -0.25) is 4.90 Å². The molecule has 4 fully saturated rings. The fraction of sp³-hybridized carbons (Fsp3) is 0.240. The third kappa shape index (κ3) is 2.53. The Balaban J connectivity index is 1.47. The summed E-state index contributed by atoms with van der Waals surface area (Å²) in [6.45, 7) is 1.28. The molecule has 2 aliphatic carbocycles. The summed E-state index contributed by atoms with van der Waals surface area (Å²) in [4.78, 5) is 17.2. The Morgan fingerprint density at radius 3 is 2.32 bits per heavy atom. The number of carbonyl (C=O) groups is 1. The first-order valence-corrected chi connectivity index (χ1v) is 13.2. The molecule has 0 spiro atoms. The van der Waals surface area contributed by atoms with E-state index in [2.05, 4.69) is 44.9 Å². The van der Waals surface area contributed by atoms with Crippen molar-refractivity contribution in [3.8, 4) is 11.1 Å². The largest absolute Gasteiger partial charge is 0.365 e. The monoisotopic (exact) mass is 622 g/mol. The van der Waals surface area contributed by atoms with E-state index < -0.39 is 0 Å². The molecule has 172 valence electrons. The van der Waals surface area contributed by atoms with Gasteiger partial charge in [-0.25, -0.2) is 4.79 Å². The minimum atomic E-state index is -0.276. The van der Waals surface area contributed by atoms with Crippen molar-refractivity contribution in [3.63, 3.8) is 0 Å². The summed E-state index contributed by atoms with van der Waals surface area (Å²) >= 11 is 22.3. The molecule has 2 bridgehead atoms. The lowest BCUT2D eigenvalue weighted by Crippen LogP contribution is -2.42. The van der Waals surface area contributed by atoms with Crippen molar-refractivity contribution in [3.05, 3.63) is 75.2 Å². The molecule has 3 heterocycles. The zero-order valence-electron chi connectivity index (χ0n) is 17.7. The van der Waals surface area contributed by atoms with Crippen LogP contribution in [-0.2, 0) is 6.54 Å². The molecule has 0 radical (unpaired) electrons. The van der Waals surface area contributed by atoms with Crippen LogP contribution < -0.4 is 20.9 Å². The predicted molar refractivity (Wildman–Crippen MR) is 146 cm³/mol. The number of hydrogen-bond acceptors (Lipinski definition) is 3. The summed E-state index contributed by atoms with van der Waals surface area (Å²) in [6.07, 6.45) is 0. The maximum atomic E-state index is 13.2. The van der Waals surface area contributed by atoms with E-state index in [1.807, 2.05) is 24.3 Å². The second kappa shape index (κ2) is 6.95. The van der Waals surface area contributed by atoms with Gasteiger partial charge in [0.2, 0.25) is 0 Å². The number of rotatable bonds is 3. The van der Waals surface area contributed by atoms with Gasteiger partial charge in [-0.1, -0.05) is 81.7 Å². The van der Waals surface area contributed by atoms with Crippen molar-refractivity contribution in [1.82, 2.24) is 5.32 Å². The molecule has 3 aliphatic heterocycles. The first-order chi connectivity index (χ1) is 16.3. The highest BCUT2D eigenvalue weighted by Gasteiger charge is 3.01. The summed E-state index contributed by atoms with van der Waals surface area (Å²) in [5, 5.41) is 4.44. The molecule has 3 aromatic carbocycles. The van der Waals surface area contributed by atoms with E-state index in [1.54, 1.807) is 23.1 Å². The minimum absolute atomic E-state index is 0.100. The first-order valence-electron chi connectivity index (χ1n) is 11.0. The lowest BCUT2D eigenvalue weighted by Gasteiger charge is -2.34. The number of para-hydroxylation sites is 1. The molecule has 2 saturated heterocycles. The Labute approximate surface area is 225 Å². The number of amides is 2. The molecule has 34 heavy (non-hydrogen) atoms. The normalized spacial score (nSPS) is 30.1. The summed E-state index contributed by atoms with van der Waals surface area (Å²) in [5.41, 5.74) is 11.6. The Morgan fingerprint density at radius 2 is 1.68 bits per heavy atom. The van der Waals surface area contributed by atoms with E-state index in [1.165, 1.54) is 0 Å². The number of benzene rings is 3. The molecule has 8 rings (SSSR count). The van der Waals surface area contributed by atoms with E-state index in [0.717, 1.165) is 34.6 Å². The number of piperidine rings is 1. The molecular formula is C25H18Cl3IN4O. The fourth-order valence-electron chi connectivity index (χ4n) is 6.07. The molecule has 3 N–H and O–H groups in total. The molecule has 5 nitrogen and oxygen atoms in total. The second-order valence-corrected chi connectivity index (χ2v) is 12.4. The lowest BCUT2D eigenvalue weighted by molar-refractivity contribution is 0.247. The van der Waals surface area contributed by atoms with Gasteiger partial charge in [0, 0.05) is 40.8 Å². The minimum Gasteiger partial charge on any atom is -0.365 e. The third-order valence-corrected chi connectivity index (χ3v) is 11.1. The number of anilines is 3. The van der Waals surface area contributed by atoms with Crippen LogP contribution in [0.2, 0.25) is 15.1 Å². The van der Waals surface area contributed by atoms with Crippen molar-refractivity contribution in [2.75, 3.05) is 16.3 Å². The van der Waals surface area contributed by atoms with Crippen LogP contribution in [-0.4, -0.2) is 27.6 Å². The number of nitrogens with zero attached hydrogens (tertiary/aromatic N) is 2. The first kappa shape index (κ1) is 21.6. The Hall–Kier alpha value is -1.71. The highest BCUT2D eigenvalue weighted by Crippen LogP contribution is 2.85. The highest BCUT2D eigenvalue weighted by atomic mass is 127. The number of nitrogens with one attached hydrogen (secondary N) is 1. The van der Waals surface area contributed by atoms with Crippen molar-refractivity contribution in [1.29, 1.82) is 0 Å². The molecule has 2 unspecified atom stereocenters.